The molecule has 1 atom stereocenters. The first-order valence-electron chi connectivity index (χ1n) is 4.72. The van der Waals surface area contributed by atoms with Crippen molar-refractivity contribution in [3.8, 4) is 0 Å². The Bertz CT molecular complexity index is 233. The highest BCUT2D eigenvalue weighted by Crippen LogP contribution is 2.15. The predicted octanol–water partition coefficient (Wildman–Crippen LogP) is -0.294. The second kappa shape index (κ2) is 5.75. The fraction of sp³-hybridized carbons (Fsp3) is 0.778. The van der Waals surface area contributed by atoms with Crippen LogP contribution in [0.1, 0.15) is 20.8 Å². The zero-order chi connectivity index (χ0) is 12.1. The molecule has 0 aromatic rings. The number of rotatable bonds is 4. The normalized spacial score (nSPS) is 13.1. The van der Waals surface area contributed by atoms with Crippen molar-refractivity contribution in [2.45, 2.75) is 26.9 Å². The lowest BCUT2D eigenvalue weighted by atomic mass is 9.97. The monoisotopic (exact) mass is 216 g/mol. The molecule has 0 bridgehead atoms. The summed E-state index contributed by atoms with van der Waals surface area (Å²) in [5, 5.41) is 8.82. The van der Waals surface area contributed by atoms with E-state index in [1.807, 2.05) is 0 Å². The first-order valence-corrected chi connectivity index (χ1v) is 4.72. The molecule has 0 amide bonds. The number of carbonyl (C=O) groups is 2. The summed E-state index contributed by atoms with van der Waals surface area (Å²) in [5.74, 6) is -0.908. The predicted molar refractivity (Wildman–Crippen MR) is 56.3 cm³/mol. The fourth-order valence-corrected chi connectivity index (χ4v) is 0.744. The van der Waals surface area contributed by atoms with Gasteiger partial charge in [0.2, 0.25) is 13.7 Å². The molecule has 0 saturated carbocycles. The van der Waals surface area contributed by atoms with Crippen LogP contribution in [-0.2, 0) is 14.3 Å². The molecule has 0 aliphatic carbocycles. The molecule has 6 heteroatoms. The molecule has 0 heterocycles. The third-order valence-electron chi connectivity index (χ3n) is 1.55. The number of hydrogen-bond acceptors (Lipinski definition) is 5. The average Bonchev–Trinajstić information content (AvgIpc) is 2.09. The summed E-state index contributed by atoms with van der Waals surface area (Å²) < 4.78 is 9.58. The summed E-state index contributed by atoms with van der Waals surface area (Å²) >= 11 is 0. The van der Waals surface area contributed by atoms with Gasteiger partial charge in [-0.3, -0.25) is 9.59 Å². The first-order chi connectivity index (χ1) is 6.77. The topological polar surface area (TPSA) is 72.8 Å². The Morgan fingerprint density at radius 1 is 1.40 bits per heavy atom. The zero-order valence-electron chi connectivity index (χ0n) is 9.57. The Morgan fingerprint density at radius 3 is 2.27 bits per heavy atom. The molecule has 0 rings (SSSR count). The van der Waals surface area contributed by atoms with Crippen molar-refractivity contribution in [3.63, 3.8) is 0 Å². The molecule has 0 spiro atoms. The second-order valence-electron chi connectivity index (χ2n) is 4.26. The van der Waals surface area contributed by atoms with Crippen LogP contribution in [0.25, 0.3) is 0 Å². The van der Waals surface area contributed by atoms with Crippen LogP contribution in [-0.4, -0.2) is 44.1 Å². The van der Waals surface area contributed by atoms with Crippen molar-refractivity contribution in [3.05, 3.63) is 0 Å². The van der Waals surface area contributed by atoms with E-state index in [-0.39, 0.29) is 13.2 Å². The molecule has 0 fully saturated rings. The number of carbonyl (C=O) groups excluding carboxylic acids is 2. The van der Waals surface area contributed by atoms with Crippen LogP contribution in [0.15, 0.2) is 0 Å². The first kappa shape index (κ1) is 14.0. The number of aliphatic hydroxyl groups is 1. The van der Waals surface area contributed by atoms with Gasteiger partial charge in [0, 0.05) is 0 Å². The highest BCUT2D eigenvalue weighted by atomic mass is 16.6. The van der Waals surface area contributed by atoms with Crippen LogP contribution in [0.3, 0.4) is 0 Å². The Labute approximate surface area is 90.2 Å². The summed E-state index contributed by atoms with van der Waals surface area (Å²) in [6, 6.07) is 0. The minimum atomic E-state index is -0.784. The third kappa shape index (κ3) is 6.12. The van der Waals surface area contributed by atoms with Gasteiger partial charge < -0.3 is 14.6 Å². The summed E-state index contributed by atoms with van der Waals surface area (Å²) in [7, 11) is 1.23. The Balaban J connectivity index is 4.01. The number of ether oxygens (including phenoxy) is 2. The van der Waals surface area contributed by atoms with Gasteiger partial charge in [0.25, 0.3) is 0 Å². The fourth-order valence-electron chi connectivity index (χ4n) is 0.744. The van der Waals surface area contributed by atoms with E-state index >= 15 is 0 Å². The second-order valence-corrected chi connectivity index (χ2v) is 4.26. The van der Waals surface area contributed by atoms with Crippen molar-refractivity contribution in [2.75, 3.05) is 13.2 Å². The van der Waals surface area contributed by atoms with Gasteiger partial charge >= 0.3 is 5.97 Å². The van der Waals surface area contributed by atoms with E-state index in [4.69, 9.17) is 14.6 Å². The Morgan fingerprint density at radius 2 is 1.93 bits per heavy atom. The van der Waals surface area contributed by atoms with E-state index in [1.165, 1.54) is 7.85 Å². The molecule has 0 aromatic heterocycles. The molecule has 0 aliphatic heterocycles. The molecule has 86 valence electrons. The van der Waals surface area contributed by atoms with Gasteiger partial charge in [-0.2, -0.15) is 0 Å². The van der Waals surface area contributed by atoms with E-state index in [2.05, 4.69) is 0 Å². The van der Waals surface area contributed by atoms with Crippen LogP contribution in [0.5, 0.6) is 0 Å². The molecular formula is C9H17BO5. The number of aliphatic hydroxyl groups excluding tert-OH is 1. The summed E-state index contributed by atoms with van der Waals surface area (Å²) in [4.78, 5) is 21.9. The molecule has 15 heavy (non-hydrogen) atoms. The highest BCUT2D eigenvalue weighted by molar-refractivity contribution is 6.55. The van der Waals surface area contributed by atoms with Crippen molar-refractivity contribution in [2.24, 2.45) is 5.41 Å². The van der Waals surface area contributed by atoms with Crippen LogP contribution in [0, 0.1) is 5.41 Å². The number of hydrogen-bond donors (Lipinski definition) is 1. The van der Waals surface area contributed by atoms with Crippen LogP contribution in [0.4, 0.5) is 4.79 Å². The molecule has 0 radical (unpaired) electrons. The lowest BCUT2D eigenvalue weighted by Crippen LogP contribution is -2.31. The Hall–Kier alpha value is -1.04. The van der Waals surface area contributed by atoms with Crippen molar-refractivity contribution in [1.82, 2.24) is 0 Å². The van der Waals surface area contributed by atoms with Crippen molar-refractivity contribution >= 4 is 19.7 Å². The van der Waals surface area contributed by atoms with Crippen molar-refractivity contribution < 1.29 is 24.2 Å². The smallest absolute Gasteiger partial charge is 0.311 e. The lowest BCUT2D eigenvalue weighted by molar-refractivity contribution is -0.156. The quantitative estimate of drug-likeness (QED) is 0.516. The SMILES string of the molecule is BC(=O)OC(CO)COC(=O)C(C)(C)C. The number of esters is 1. The van der Waals surface area contributed by atoms with E-state index < -0.39 is 23.4 Å². The molecule has 0 aromatic carbocycles. The zero-order valence-corrected chi connectivity index (χ0v) is 9.57. The van der Waals surface area contributed by atoms with Gasteiger partial charge in [-0.1, -0.05) is 0 Å². The molecule has 0 saturated heterocycles. The maximum atomic E-state index is 11.3. The summed E-state index contributed by atoms with van der Waals surface area (Å²) in [6.45, 7) is 4.67. The minimum absolute atomic E-state index is 0.119. The van der Waals surface area contributed by atoms with Crippen LogP contribution in [0.2, 0.25) is 0 Å². The molecular weight excluding hydrogens is 199 g/mol. The van der Waals surface area contributed by atoms with Crippen LogP contribution >= 0.6 is 0 Å². The van der Waals surface area contributed by atoms with Gasteiger partial charge in [0.1, 0.15) is 6.61 Å². The van der Waals surface area contributed by atoms with Gasteiger partial charge in [0.05, 0.1) is 12.0 Å². The molecule has 1 N–H and O–H groups in total. The van der Waals surface area contributed by atoms with Crippen LogP contribution < -0.4 is 0 Å². The Kier molecular flexibility index (Phi) is 5.35. The highest BCUT2D eigenvalue weighted by Gasteiger charge is 2.24. The van der Waals surface area contributed by atoms with Gasteiger partial charge in [-0.05, 0) is 20.8 Å². The lowest BCUT2D eigenvalue weighted by Gasteiger charge is -2.19. The largest absolute Gasteiger partial charge is 0.465 e. The minimum Gasteiger partial charge on any atom is -0.465 e. The maximum Gasteiger partial charge on any atom is 0.311 e. The molecule has 5 nitrogen and oxygen atoms in total. The van der Waals surface area contributed by atoms with E-state index in [9.17, 15) is 9.59 Å². The third-order valence-corrected chi connectivity index (χ3v) is 1.55. The average molecular weight is 216 g/mol. The van der Waals surface area contributed by atoms with Gasteiger partial charge in [0.15, 0.2) is 6.10 Å². The van der Waals surface area contributed by atoms with E-state index in [0.29, 0.717) is 0 Å². The van der Waals surface area contributed by atoms with E-state index in [1.54, 1.807) is 20.8 Å². The van der Waals surface area contributed by atoms with Gasteiger partial charge in [-0.25, -0.2) is 0 Å². The van der Waals surface area contributed by atoms with E-state index in [0.717, 1.165) is 0 Å². The summed E-state index contributed by atoms with van der Waals surface area (Å²) in [6.07, 6.45) is -0.784. The maximum absolute atomic E-state index is 11.3. The van der Waals surface area contributed by atoms with Gasteiger partial charge in [-0.15, -0.1) is 0 Å². The molecule has 0 aliphatic rings. The van der Waals surface area contributed by atoms with Crippen molar-refractivity contribution in [1.29, 1.82) is 0 Å². The molecule has 1 unspecified atom stereocenters. The standard InChI is InChI=1S/C9H17BO5/c1-9(2,3)7(12)14-5-6(4-11)15-8(10)13/h6,11H,4-5,10H2,1-3H3. The summed E-state index contributed by atoms with van der Waals surface area (Å²) in [5.41, 5.74) is -0.601.